The number of aromatic nitrogens is 1. The van der Waals surface area contributed by atoms with Gasteiger partial charge in [-0.2, -0.15) is 0 Å². The number of fused-ring (bicyclic) bond motifs is 2. The normalized spacial score (nSPS) is 20.3. The molecule has 2 N–H and O–H groups in total. The lowest BCUT2D eigenvalue weighted by molar-refractivity contribution is -0.131. The number of amides is 2. The number of carbonyl (C=O) groups excluding carboxylic acids is 2. The van der Waals surface area contributed by atoms with Gasteiger partial charge in [0.1, 0.15) is 10.2 Å². The number of allylic oxidation sites excluding steroid dienone is 1. The summed E-state index contributed by atoms with van der Waals surface area (Å²) in [6.45, 7) is 5.32. The lowest BCUT2D eigenvalue weighted by atomic mass is 9.81. The number of thiazole rings is 1. The molecule has 1 aromatic carbocycles. The first-order valence-electron chi connectivity index (χ1n) is 9.96. The first-order valence-corrected chi connectivity index (χ1v) is 11.5. The molecule has 1 spiro atoms. The Morgan fingerprint density at radius 2 is 2.13 bits per heavy atom. The highest BCUT2D eigenvalue weighted by molar-refractivity contribution is 7.19. The van der Waals surface area contributed by atoms with Gasteiger partial charge in [0.05, 0.1) is 12.7 Å². The zero-order valence-electron chi connectivity index (χ0n) is 17.2. The lowest BCUT2D eigenvalue weighted by Gasteiger charge is -2.28. The van der Waals surface area contributed by atoms with Crippen LogP contribution >= 0.6 is 34.5 Å². The molecule has 1 unspecified atom stereocenters. The molecule has 1 atom stereocenters. The van der Waals surface area contributed by atoms with Crippen LogP contribution in [0.1, 0.15) is 25.8 Å². The van der Waals surface area contributed by atoms with E-state index >= 15 is 0 Å². The summed E-state index contributed by atoms with van der Waals surface area (Å²) in [4.78, 5) is 32.1. The van der Waals surface area contributed by atoms with Gasteiger partial charge in [0, 0.05) is 42.7 Å². The molecule has 3 heterocycles. The van der Waals surface area contributed by atoms with Gasteiger partial charge in [0.15, 0.2) is 5.13 Å². The number of nitrogens with zero attached hydrogens (tertiary/aromatic N) is 3. The van der Waals surface area contributed by atoms with Crippen LogP contribution < -0.4 is 15.5 Å². The van der Waals surface area contributed by atoms with Crippen molar-refractivity contribution in [1.29, 1.82) is 0 Å². The van der Waals surface area contributed by atoms with Crippen LogP contribution in [-0.2, 0) is 15.0 Å². The number of benzene rings is 1. The molecule has 2 aromatic rings. The van der Waals surface area contributed by atoms with E-state index in [0.29, 0.717) is 34.1 Å². The first kappa shape index (κ1) is 21.9. The van der Waals surface area contributed by atoms with Crippen molar-refractivity contribution >= 4 is 57.2 Å². The monoisotopic (exact) mass is 479 g/mol. The van der Waals surface area contributed by atoms with Crippen LogP contribution in [0.25, 0.3) is 0 Å². The number of rotatable bonds is 5. The largest absolute Gasteiger partial charge is 0.347 e. The molecule has 1 aromatic heterocycles. The Hall–Kier alpha value is -2.29. The minimum atomic E-state index is -0.234. The first-order chi connectivity index (χ1) is 14.8. The van der Waals surface area contributed by atoms with Crippen molar-refractivity contribution in [2.45, 2.75) is 25.7 Å². The molecule has 4 rings (SSSR count). The van der Waals surface area contributed by atoms with Crippen molar-refractivity contribution in [3.05, 3.63) is 51.2 Å². The van der Waals surface area contributed by atoms with Gasteiger partial charge in [-0.3, -0.25) is 9.59 Å². The molecule has 1 saturated heterocycles. The van der Waals surface area contributed by atoms with Gasteiger partial charge in [-0.15, -0.1) is 0 Å². The van der Waals surface area contributed by atoms with Crippen LogP contribution in [0.4, 0.5) is 10.8 Å². The van der Waals surface area contributed by atoms with E-state index in [1.807, 2.05) is 36.1 Å². The minimum Gasteiger partial charge on any atom is -0.347 e. The molecule has 2 aliphatic rings. The Kier molecular flexibility index (Phi) is 6.14. The molecule has 10 heteroatoms. The van der Waals surface area contributed by atoms with Gasteiger partial charge in [-0.05, 0) is 43.2 Å². The second-order valence-corrected chi connectivity index (χ2v) is 9.87. The summed E-state index contributed by atoms with van der Waals surface area (Å²) >= 11 is 13.8. The van der Waals surface area contributed by atoms with E-state index in [2.05, 4.69) is 20.5 Å². The van der Waals surface area contributed by atoms with Gasteiger partial charge >= 0.3 is 0 Å². The zero-order chi connectivity index (χ0) is 22.2. The molecule has 164 valence electrons. The fourth-order valence-corrected chi connectivity index (χ4v) is 5.31. The molecule has 31 heavy (non-hydrogen) atoms. The fraction of sp³-hybridized carbons (Fsp3) is 0.381. The lowest BCUT2D eigenvalue weighted by Crippen LogP contribution is -2.42. The molecule has 1 fully saturated rings. The van der Waals surface area contributed by atoms with E-state index < -0.39 is 0 Å². The fourth-order valence-electron chi connectivity index (χ4n) is 4.32. The topological polar surface area (TPSA) is 77.6 Å². The Morgan fingerprint density at radius 3 is 2.81 bits per heavy atom. The zero-order valence-corrected chi connectivity index (χ0v) is 19.6. The van der Waals surface area contributed by atoms with Gasteiger partial charge in [0.25, 0.3) is 0 Å². The standard InChI is InChI=1S/C21H23Cl2N5O2S/c1-3-18(26-20-25-9-17(23)31-20)28-12-21(15-8-14(22)4-5-16(15)28)6-7-27(11-21)19(30)10-24-13(2)29/h3-5,8-9H,6-7,10-12H2,1-2H3,(H,24,29)(H,25,26). The van der Waals surface area contributed by atoms with Crippen molar-refractivity contribution < 1.29 is 9.59 Å². The third kappa shape index (κ3) is 4.37. The number of anilines is 2. The molecule has 0 saturated carbocycles. The molecule has 2 amide bonds. The van der Waals surface area contributed by atoms with Crippen molar-refractivity contribution in [3.63, 3.8) is 0 Å². The van der Waals surface area contributed by atoms with E-state index in [1.165, 1.54) is 18.3 Å². The summed E-state index contributed by atoms with van der Waals surface area (Å²) in [7, 11) is 0. The van der Waals surface area contributed by atoms with Crippen molar-refractivity contribution in [2.24, 2.45) is 0 Å². The maximum Gasteiger partial charge on any atom is 0.241 e. The van der Waals surface area contributed by atoms with Crippen LogP contribution in [-0.4, -0.2) is 47.9 Å². The summed E-state index contributed by atoms with van der Waals surface area (Å²) in [6.07, 6.45) is 4.45. The summed E-state index contributed by atoms with van der Waals surface area (Å²) in [6, 6.07) is 5.91. The number of carbonyl (C=O) groups is 2. The summed E-state index contributed by atoms with van der Waals surface area (Å²) < 4.78 is 0.618. The molecule has 0 radical (unpaired) electrons. The predicted molar refractivity (Wildman–Crippen MR) is 125 cm³/mol. The second-order valence-electron chi connectivity index (χ2n) is 7.77. The minimum absolute atomic E-state index is 0.0179. The molecule has 0 bridgehead atoms. The van der Waals surface area contributed by atoms with Crippen molar-refractivity contribution in [1.82, 2.24) is 15.2 Å². The van der Waals surface area contributed by atoms with Gasteiger partial charge in [0.2, 0.25) is 11.8 Å². The third-order valence-corrected chi connectivity index (χ3v) is 7.02. The SMILES string of the molecule is CC=C(Nc1ncc(Cl)s1)N1CC2(CCN(C(=O)CNC(C)=O)C2)c2cc(Cl)ccc21. The average molecular weight is 480 g/mol. The van der Waals surface area contributed by atoms with Gasteiger partial charge < -0.3 is 20.4 Å². The van der Waals surface area contributed by atoms with Crippen molar-refractivity contribution in [3.8, 4) is 0 Å². The van der Waals surface area contributed by atoms with Crippen LogP contribution in [0.5, 0.6) is 0 Å². The number of likely N-dealkylation sites (tertiary alicyclic amines) is 1. The Morgan fingerprint density at radius 1 is 1.32 bits per heavy atom. The maximum absolute atomic E-state index is 12.6. The number of hydrogen-bond acceptors (Lipinski definition) is 6. The molecular weight excluding hydrogens is 457 g/mol. The molecule has 0 aliphatic carbocycles. The van der Waals surface area contributed by atoms with Crippen LogP contribution in [0.15, 0.2) is 36.3 Å². The van der Waals surface area contributed by atoms with E-state index in [0.717, 1.165) is 23.5 Å². The maximum atomic E-state index is 12.6. The van der Waals surface area contributed by atoms with E-state index in [9.17, 15) is 9.59 Å². The number of nitrogens with one attached hydrogen (secondary N) is 2. The van der Waals surface area contributed by atoms with Gasteiger partial charge in [-0.1, -0.05) is 34.5 Å². The van der Waals surface area contributed by atoms with Crippen LogP contribution in [0.3, 0.4) is 0 Å². The average Bonchev–Trinajstić information content (AvgIpc) is 3.43. The van der Waals surface area contributed by atoms with E-state index in [1.54, 1.807) is 6.20 Å². The van der Waals surface area contributed by atoms with Gasteiger partial charge in [-0.25, -0.2) is 4.98 Å². The molecule has 2 aliphatic heterocycles. The second kappa shape index (κ2) is 8.68. The predicted octanol–water partition coefficient (Wildman–Crippen LogP) is 3.85. The van der Waals surface area contributed by atoms with Crippen molar-refractivity contribution in [2.75, 3.05) is 36.4 Å². The Bertz CT molecular complexity index is 1060. The van der Waals surface area contributed by atoms with E-state index in [-0.39, 0.29) is 23.8 Å². The Balaban J connectivity index is 1.60. The summed E-state index contributed by atoms with van der Waals surface area (Å²) in [5.74, 6) is 0.614. The number of hydrogen-bond donors (Lipinski definition) is 2. The summed E-state index contributed by atoms with van der Waals surface area (Å²) in [5.41, 5.74) is 1.96. The summed E-state index contributed by atoms with van der Waals surface area (Å²) in [5, 5.41) is 7.35. The smallest absolute Gasteiger partial charge is 0.241 e. The van der Waals surface area contributed by atoms with Crippen LogP contribution in [0.2, 0.25) is 9.36 Å². The highest BCUT2D eigenvalue weighted by Gasteiger charge is 2.49. The highest BCUT2D eigenvalue weighted by Crippen LogP contribution is 2.48. The number of halogens is 2. The quantitative estimate of drug-likeness (QED) is 0.680. The van der Waals surface area contributed by atoms with E-state index in [4.69, 9.17) is 23.2 Å². The molecule has 7 nitrogen and oxygen atoms in total. The highest BCUT2D eigenvalue weighted by atomic mass is 35.5. The van der Waals surface area contributed by atoms with Crippen LogP contribution in [0, 0.1) is 0 Å². The Labute approximate surface area is 195 Å². The third-order valence-electron chi connectivity index (χ3n) is 5.75. The molecular formula is C21H23Cl2N5O2S.